The molecule has 0 bridgehead atoms. The summed E-state index contributed by atoms with van der Waals surface area (Å²) in [6.07, 6.45) is 0. The molecule has 0 spiro atoms. The fourth-order valence-corrected chi connectivity index (χ4v) is 14.8. The van der Waals surface area contributed by atoms with Gasteiger partial charge in [-0.3, -0.25) is 9.13 Å². The number of fused-ring (bicyclic) bond motifs is 12. The summed E-state index contributed by atoms with van der Waals surface area (Å²) in [5, 5.41) is 9.38. The molecule has 14 aromatic carbocycles. The van der Waals surface area contributed by atoms with E-state index < -0.39 is 0 Å². The Kier molecular flexibility index (Phi) is 12.2. The van der Waals surface area contributed by atoms with Gasteiger partial charge in [-0.2, -0.15) is 4.98 Å². The van der Waals surface area contributed by atoms with Crippen LogP contribution in [0.3, 0.4) is 0 Å². The summed E-state index contributed by atoms with van der Waals surface area (Å²) in [6.45, 7) is 0. The van der Waals surface area contributed by atoms with Crippen molar-refractivity contribution in [2.45, 2.75) is 0 Å². The maximum Gasteiger partial charge on any atom is 0.237 e. The normalized spacial score (nSPS) is 11.8. The molecule has 0 amide bonds. The highest BCUT2D eigenvalue weighted by atomic mass is 15.2. The van der Waals surface area contributed by atoms with Crippen LogP contribution >= 0.6 is 0 Å². The van der Waals surface area contributed by atoms with Crippen LogP contribution in [0.4, 0.5) is 0 Å². The Morgan fingerprint density at radius 2 is 0.500 bits per heavy atom. The Morgan fingerprint density at radius 3 is 1.00 bits per heavy atom. The number of aromatic nitrogens is 6. The molecule has 0 saturated carbocycles. The first-order chi connectivity index (χ1) is 46.6. The molecule has 0 unspecified atom stereocenters. The molecule has 0 aliphatic carbocycles. The quantitative estimate of drug-likeness (QED) is 0.137. The zero-order chi connectivity index (χ0) is 61.8. The van der Waals surface area contributed by atoms with Crippen molar-refractivity contribution in [3.8, 4) is 90.0 Å². The van der Waals surface area contributed by atoms with E-state index in [0.717, 1.165) is 117 Å². The van der Waals surface area contributed by atoms with Gasteiger partial charge in [-0.1, -0.05) is 224 Å². The summed E-state index contributed by atoms with van der Waals surface area (Å²) >= 11 is 0. The smallest absolute Gasteiger partial charge is 0.237 e. The number of hydrogen-bond donors (Lipinski definition) is 0. The standard InChI is InChI=1S/C88H56N6/c1-5-22-57(23-6-1)65-49-66(58-24-7-2-8-25-58)51-67(50-65)59-26-21-27-64(48-59)78-56-87(93-81-38-19-13-32-70(81)74-44-40-62(54-85(74)93)60-42-46-83-76(52-60)72-34-15-17-36-79(72)91(83)68-28-9-3-10-29-68)90-88(89-78)94-82-39-20-14-33-71(82)75-45-41-63(55-86(75)94)61-43-47-84-77(53-61)73-35-16-18-37-80(73)92(84)69-30-11-4-12-31-69/h1-56H. The van der Waals surface area contributed by atoms with E-state index in [1.54, 1.807) is 0 Å². The summed E-state index contributed by atoms with van der Waals surface area (Å²) in [6, 6.07) is 123. The van der Waals surface area contributed by atoms with Gasteiger partial charge in [0.1, 0.15) is 5.82 Å². The minimum Gasteiger partial charge on any atom is -0.309 e. The van der Waals surface area contributed by atoms with Crippen LogP contribution in [0.25, 0.3) is 177 Å². The van der Waals surface area contributed by atoms with Crippen molar-refractivity contribution in [2.75, 3.05) is 0 Å². The molecule has 0 aliphatic rings. The summed E-state index contributed by atoms with van der Waals surface area (Å²) in [5.41, 5.74) is 24.2. The molecule has 6 heteroatoms. The van der Waals surface area contributed by atoms with Gasteiger partial charge in [-0.05, 0) is 165 Å². The second-order valence-electron chi connectivity index (χ2n) is 24.5. The Balaban J connectivity index is 0.831. The van der Waals surface area contributed by atoms with E-state index in [1.165, 1.54) is 54.7 Å². The molecule has 19 rings (SSSR count). The predicted octanol–water partition coefficient (Wildman–Crippen LogP) is 22.9. The van der Waals surface area contributed by atoms with Crippen LogP contribution in [0, 0.1) is 0 Å². The topological polar surface area (TPSA) is 45.5 Å². The molecule has 0 radical (unpaired) electrons. The van der Waals surface area contributed by atoms with Gasteiger partial charge < -0.3 is 9.13 Å². The lowest BCUT2D eigenvalue weighted by Gasteiger charge is -2.15. The van der Waals surface area contributed by atoms with Crippen molar-refractivity contribution in [1.29, 1.82) is 0 Å². The number of para-hydroxylation sites is 6. The fourth-order valence-electron chi connectivity index (χ4n) is 14.8. The van der Waals surface area contributed by atoms with Crippen molar-refractivity contribution >= 4 is 87.2 Å². The molecule has 0 fully saturated rings. The summed E-state index contributed by atoms with van der Waals surface area (Å²) in [7, 11) is 0. The second kappa shape index (κ2) is 21.5. The Labute approximate surface area is 542 Å². The van der Waals surface area contributed by atoms with Gasteiger partial charge >= 0.3 is 0 Å². The number of benzene rings is 14. The second-order valence-corrected chi connectivity index (χ2v) is 24.5. The molecule has 19 aromatic rings. The van der Waals surface area contributed by atoms with E-state index in [2.05, 4.69) is 358 Å². The zero-order valence-corrected chi connectivity index (χ0v) is 51.0. The lowest BCUT2D eigenvalue weighted by molar-refractivity contribution is 0.952. The van der Waals surface area contributed by atoms with E-state index in [-0.39, 0.29) is 0 Å². The fraction of sp³-hybridized carbons (Fsp3) is 0. The van der Waals surface area contributed by atoms with E-state index >= 15 is 0 Å². The van der Waals surface area contributed by atoms with E-state index in [1.807, 2.05) is 0 Å². The van der Waals surface area contributed by atoms with Gasteiger partial charge in [-0.15, -0.1) is 0 Å². The molecule has 6 nitrogen and oxygen atoms in total. The highest BCUT2D eigenvalue weighted by Crippen LogP contribution is 2.43. The van der Waals surface area contributed by atoms with Crippen molar-refractivity contribution in [2.24, 2.45) is 0 Å². The zero-order valence-electron chi connectivity index (χ0n) is 51.0. The molecule has 0 N–H and O–H groups in total. The monoisotopic (exact) mass is 1200 g/mol. The van der Waals surface area contributed by atoms with Crippen molar-refractivity contribution in [3.05, 3.63) is 340 Å². The third-order valence-electron chi connectivity index (χ3n) is 19.2. The maximum atomic E-state index is 5.84. The lowest BCUT2D eigenvalue weighted by atomic mass is 9.92. The van der Waals surface area contributed by atoms with Crippen LogP contribution in [0.2, 0.25) is 0 Å². The molecule has 5 heterocycles. The Hall–Kier alpha value is -12.6. The van der Waals surface area contributed by atoms with Gasteiger partial charge in [0.25, 0.3) is 0 Å². The predicted molar refractivity (Wildman–Crippen MR) is 392 cm³/mol. The van der Waals surface area contributed by atoms with Crippen LogP contribution in [0.15, 0.2) is 340 Å². The highest BCUT2D eigenvalue weighted by molar-refractivity contribution is 6.15. The first-order valence-corrected chi connectivity index (χ1v) is 32.1. The maximum absolute atomic E-state index is 5.84. The van der Waals surface area contributed by atoms with Crippen LogP contribution in [0.5, 0.6) is 0 Å². The highest BCUT2D eigenvalue weighted by Gasteiger charge is 2.23. The molecular weight excluding hydrogens is 1140 g/mol. The number of hydrogen-bond acceptors (Lipinski definition) is 2. The SMILES string of the molecule is c1ccc(-c2cc(-c3ccccc3)cc(-c3cccc(-c4cc(-n5c6ccccc6c6ccc(-c7ccc8c(c7)c7ccccc7n8-c7ccccc7)cc65)nc(-n5c6ccccc6c6ccc(-c7ccc8c(c7)c7ccccc7n8-c7ccccc7)cc65)n4)c3)c2)cc1. The first-order valence-electron chi connectivity index (χ1n) is 32.1. The first kappa shape index (κ1) is 53.2. The molecule has 94 heavy (non-hydrogen) atoms. The molecular formula is C88H56N6. The van der Waals surface area contributed by atoms with Gasteiger partial charge in [0.15, 0.2) is 0 Å². The van der Waals surface area contributed by atoms with Gasteiger partial charge in [0.05, 0.1) is 49.8 Å². The third-order valence-corrected chi connectivity index (χ3v) is 19.2. The van der Waals surface area contributed by atoms with Gasteiger partial charge in [0.2, 0.25) is 5.95 Å². The van der Waals surface area contributed by atoms with E-state index in [0.29, 0.717) is 5.95 Å². The molecule has 0 aliphatic heterocycles. The van der Waals surface area contributed by atoms with Crippen molar-refractivity contribution < 1.29 is 0 Å². The van der Waals surface area contributed by atoms with Crippen LogP contribution in [-0.2, 0) is 0 Å². The summed E-state index contributed by atoms with van der Waals surface area (Å²) < 4.78 is 9.41. The third kappa shape index (κ3) is 8.65. The molecule has 0 atom stereocenters. The summed E-state index contributed by atoms with van der Waals surface area (Å²) in [4.78, 5) is 11.6. The largest absolute Gasteiger partial charge is 0.309 e. The average Bonchev–Trinajstić information content (AvgIpc) is 1.53. The summed E-state index contributed by atoms with van der Waals surface area (Å²) in [5.74, 6) is 1.33. The minimum absolute atomic E-state index is 0.572. The van der Waals surface area contributed by atoms with E-state index in [4.69, 9.17) is 9.97 Å². The van der Waals surface area contributed by atoms with Crippen molar-refractivity contribution in [3.63, 3.8) is 0 Å². The number of nitrogens with zero attached hydrogens (tertiary/aromatic N) is 6. The van der Waals surface area contributed by atoms with Crippen LogP contribution in [0.1, 0.15) is 0 Å². The lowest BCUT2D eigenvalue weighted by Crippen LogP contribution is -2.07. The Morgan fingerprint density at radius 1 is 0.170 bits per heavy atom. The number of rotatable bonds is 10. The van der Waals surface area contributed by atoms with Crippen LogP contribution < -0.4 is 0 Å². The van der Waals surface area contributed by atoms with Crippen molar-refractivity contribution in [1.82, 2.24) is 28.2 Å². The molecule has 0 saturated heterocycles. The minimum atomic E-state index is 0.572. The molecule has 438 valence electrons. The van der Waals surface area contributed by atoms with Gasteiger partial charge in [-0.25, -0.2) is 4.98 Å². The van der Waals surface area contributed by atoms with E-state index in [9.17, 15) is 0 Å². The molecule has 5 aromatic heterocycles. The Bertz CT molecular complexity index is 5860. The van der Waals surface area contributed by atoms with Crippen LogP contribution in [-0.4, -0.2) is 28.2 Å². The average molecular weight is 1200 g/mol. The van der Waals surface area contributed by atoms with Gasteiger partial charge in [0, 0.05) is 66.1 Å².